The smallest absolute Gasteiger partial charge is 0.331 e. The summed E-state index contributed by atoms with van der Waals surface area (Å²) in [4.78, 5) is 10.9. The number of hydrogen-bond acceptors (Lipinski definition) is 1. The molecule has 2 nitrogen and oxygen atoms in total. The molecule has 0 fully saturated rings. The van der Waals surface area contributed by atoms with Crippen LogP contribution >= 0.6 is 0 Å². The second-order valence-electron chi connectivity index (χ2n) is 3.87. The van der Waals surface area contributed by atoms with Gasteiger partial charge in [-0.25, -0.2) is 4.79 Å². The number of rotatable bonds is 2. The lowest BCUT2D eigenvalue weighted by molar-refractivity contribution is -0.132. The standard InChI is InChI=1S/C13H16O2/c1-8-5-6-9(2)12(7-8)10(3)11(4)13(14)15/h5-7H,1-4H3,(H,14,15). The summed E-state index contributed by atoms with van der Waals surface area (Å²) in [6, 6.07) is 6.07. The Morgan fingerprint density at radius 2 is 1.80 bits per heavy atom. The van der Waals surface area contributed by atoms with Gasteiger partial charge in [-0.15, -0.1) is 0 Å². The quantitative estimate of drug-likeness (QED) is 0.751. The Balaban J connectivity index is 3.33. The summed E-state index contributed by atoms with van der Waals surface area (Å²) in [5.41, 5.74) is 4.52. The van der Waals surface area contributed by atoms with Gasteiger partial charge in [0.25, 0.3) is 0 Å². The fourth-order valence-corrected chi connectivity index (χ4v) is 1.50. The molecule has 0 aromatic heterocycles. The Morgan fingerprint density at radius 3 is 2.33 bits per heavy atom. The summed E-state index contributed by atoms with van der Waals surface area (Å²) in [7, 11) is 0. The SMILES string of the molecule is CC(C(=O)O)=C(C)c1cc(C)ccc1C. The number of carboxylic acid groups (broad SMARTS) is 1. The Morgan fingerprint density at radius 1 is 1.20 bits per heavy atom. The molecule has 15 heavy (non-hydrogen) atoms. The summed E-state index contributed by atoms with van der Waals surface area (Å²) in [6.07, 6.45) is 0. The lowest BCUT2D eigenvalue weighted by atomic mass is 9.96. The van der Waals surface area contributed by atoms with E-state index in [2.05, 4.69) is 0 Å². The van der Waals surface area contributed by atoms with Crippen LogP contribution in [0.5, 0.6) is 0 Å². The minimum atomic E-state index is -0.853. The number of aryl methyl sites for hydroxylation is 2. The Labute approximate surface area is 90.3 Å². The molecule has 0 saturated carbocycles. The zero-order valence-electron chi connectivity index (χ0n) is 9.59. The molecule has 0 unspecified atom stereocenters. The highest BCUT2D eigenvalue weighted by molar-refractivity contribution is 5.95. The average Bonchev–Trinajstić information content (AvgIpc) is 2.19. The summed E-state index contributed by atoms with van der Waals surface area (Å²) in [6.45, 7) is 7.49. The van der Waals surface area contributed by atoms with E-state index in [0.29, 0.717) is 5.57 Å². The van der Waals surface area contributed by atoms with Crippen LogP contribution in [0.2, 0.25) is 0 Å². The molecule has 0 saturated heterocycles. The fraction of sp³-hybridized carbons (Fsp3) is 0.308. The van der Waals surface area contributed by atoms with Gasteiger partial charge in [0.2, 0.25) is 0 Å². The largest absolute Gasteiger partial charge is 0.478 e. The van der Waals surface area contributed by atoms with E-state index in [0.717, 1.165) is 22.3 Å². The van der Waals surface area contributed by atoms with E-state index in [1.165, 1.54) is 0 Å². The van der Waals surface area contributed by atoms with Crippen molar-refractivity contribution in [3.63, 3.8) is 0 Å². The van der Waals surface area contributed by atoms with E-state index in [1.807, 2.05) is 39.0 Å². The van der Waals surface area contributed by atoms with Crippen LogP contribution in [-0.4, -0.2) is 11.1 Å². The van der Waals surface area contributed by atoms with Crippen molar-refractivity contribution in [1.82, 2.24) is 0 Å². The van der Waals surface area contributed by atoms with Gasteiger partial charge in [-0.1, -0.05) is 23.8 Å². The predicted octanol–water partition coefficient (Wildman–Crippen LogP) is 3.18. The van der Waals surface area contributed by atoms with Gasteiger partial charge in [-0.3, -0.25) is 0 Å². The highest BCUT2D eigenvalue weighted by Crippen LogP contribution is 2.22. The van der Waals surface area contributed by atoms with Crippen LogP contribution in [0.15, 0.2) is 23.8 Å². The van der Waals surface area contributed by atoms with E-state index in [-0.39, 0.29) is 0 Å². The number of allylic oxidation sites excluding steroid dienone is 1. The summed E-state index contributed by atoms with van der Waals surface area (Å²) in [5, 5.41) is 8.92. The van der Waals surface area contributed by atoms with Crippen LogP contribution in [0, 0.1) is 13.8 Å². The van der Waals surface area contributed by atoms with Gasteiger partial charge in [-0.05, 0) is 44.4 Å². The normalized spacial score (nSPS) is 12.3. The van der Waals surface area contributed by atoms with Crippen LogP contribution in [-0.2, 0) is 4.79 Å². The molecule has 0 aliphatic carbocycles. The lowest BCUT2D eigenvalue weighted by Crippen LogP contribution is -2.00. The molecule has 0 aliphatic heterocycles. The second-order valence-corrected chi connectivity index (χ2v) is 3.87. The predicted molar refractivity (Wildman–Crippen MR) is 61.8 cm³/mol. The molecule has 0 amide bonds. The summed E-state index contributed by atoms with van der Waals surface area (Å²) in [5.74, 6) is -0.853. The molecule has 80 valence electrons. The van der Waals surface area contributed by atoms with Crippen molar-refractivity contribution in [2.24, 2.45) is 0 Å². The van der Waals surface area contributed by atoms with Gasteiger partial charge in [0, 0.05) is 5.57 Å². The molecule has 1 rings (SSSR count). The van der Waals surface area contributed by atoms with Gasteiger partial charge in [0.05, 0.1) is 0 Å². The fourth-order valence-electron chi connectivity index (χ4n) is 1.50. The molecule has 1 aromatic carbocycles. The van der Waals surface area contributed by atoms with E-state index in [9.17, 15) is 4.79 Å². The zero-order valence-corrected chi connectivity index (χ0v) is 9.59. The number of carboxylic acids is 1. The first-order valence-corrected chi connectivity index (χ1v) is 4.92. The molecule has 1 aromatic rings. The molecule has 0 radical (unpaired) electrons. The highest BCUT2D eigenvalue weighted by atomic mass is 16.4. The van der Waals surface area contributed by atoms with Crippen molar-refractivity contribution in [2.45, 2.75) is 27.7 Å². The maximum atomic E-state index is 10.9. The van der Waals surface area contributed by atoms with Crippen molar-refractivity contribution < 1.29 is 9.90 Å². The highest BCUT2D eigenvalue weighted by Gasteiger charge is 2.09. The average molecular weight is 204 g/mol. The maximum absolute atomic E-state index is 10.9. The number of aliphatic carboxylic acids is 1. The van der Waals surface area contributed by atoms with Crippen LogP contribution in [0.4, 0.5) is 0 Å². The maximum Gasteiger partial charge on any atom is 0.331 e. The second kappa shape index (κ2) is 4.30. The Bertz CT molecular complexity index is 428. The minimum absolute atomic E-state index is 0.406. The van der Waals surface area contributed by atoms with E-state index in [4.69, 9.17) is 5.11 Å². The molecule has 0 atom stereocenters. The Hall–Kier alpha value is -1.57. The van der Waals surface area contributed by atoms with Crippen molar-refractivity contribution in [2.75, 3.05) is 0 Å². The van der Waals surface area contributed by atoms with E-state index >= 15 is 0 Å². The van der Waals surface area contributed by atoms with Crippen LogP contribution in [0.3, 0.4) is 0 Å². The monoisotopic (exact) mass is 204 g/mol. The number of benzene rings is 1. The van der Waals surface area contributed by atoms with E-state index in [1.54, 1.807) is 6.92 Å². The summed E-state index contributed by atoms with van der Waals surface area (Å²) < 4.78 is 0. The summed E-state index contributed by atoms with van der Waals surface area (Å²) >= 11 is 0. The molecule has 0 bridgehead atoms. The zero-order chi connectivity index (χ0) is 11.6. The third-order valence-electron chi connectivity index (χ3n) is 2.68. The molecule has 0 heterocycles. The van der Waals surface area contributed by atoms with E-state index < -0.39 is 5.97 Å². The number of carbonyl (C=O) groups is 1. The first-order chi connectivity index (χ1) is 6.93. The van der Waals surface area contributed by atoms with Crippen LogP contribution in [0.1, 0.15) is 30.5 Å². The first-order valence-electron chi connectivity index (χ1n) is 4.92. The minimum Gasteiger partial charge on any atom is -0.478 e. The van der Waals surface area contributed by atoms with Gasteiger partial charge in [0.1, 0.15) is 0 Å². The molecule has 2 heteroatoms. The van der Waals surface area contributed by atoms with Crippen molar-refractivity contribution in [3.8, 4) is 0 Å². The topological polar surface area (TPSA) is 37.3 Å². The van der Waals surface area contributed by atoms with Gasteiger partial charge >= 0.3 is 5.97 Å². The first kappa shape index (κ1) is 11.5. The van der Waals surface area contributed by atoms with Gasteiger partial charge in [0.15, 0.2) is 0 Å². The van der Waals surface area contributed by atoms with Crippen molar-refractivity contribution >= 4 is 11.5 Å². The van der Waals surface area contributed by atoms with Crippen LogP contribution in [0.25, 0.3) is 5.57 Å². The molecule has 1 N–H and O–H groups in total. The Kier molecular flexibility index (Phi) is 3.30. The molecular formula is C13H16O2. The van der Waals surface area contributed by atoms with Crippen LogP contribution < -0.4 is 0 Å². The lowest BCUT2D eigenvalue weighted by Gasteiger charge is -2.09. The van der Waals surface area contributed by atoms with Gasteiger partial charge < -0.3 is 5.11 Å². The third-order valence-corrected chi connectivity index (χ3v) is 2.68. The third kappa shape index (κ3) is 2.46. The molecular weight excluding hydrogens is 188 g/mol. The van der Waals surface area contributed by atoms with Crippen molar-refractivity contribution in [3.05, 3.63) is 40.5 Å². The molecule has 0 aliphatic rings. The molecule has 0 spiro atoms. The van der Waals surface area contributed by atoms with Crippen molar-refractivity contribution in [1.29, 1.82) is 0 Å². The van der Waals surface area contributed by atoms with Gasteiger partial charge in [-0.2, -0.15) is 0 Å². The number of hydrogen-bond donors (Lipinski definition) is 1.